The maximum Gasteiger partial charge on any atom is 0.301 e. The number of aryl methyl sites for hydroxylation is 1. The zero-order valence-electron chi connectivity index (χ0n) is 19.5. The van der Waals surface area contributed by atoms with Gasteiger partial charge in [-0.3, -0.25) is 14.1 Å². The standard InChI is InChI=1S/C23H25F3N6O3S/c1-31-21-13(11-27-23(29-21)28-15-4-2-3-5-15)10-16(22(31)33)19-17(25)6-7-18(20(19)26)30-36(34,35)32-9-8-14(24)12-32/h6-7,10-11,14-15,30H,2-5,8-9,12H2,1H3,(H,27,28,29). The molecular formula is C23H25F3N6O3S. The van der Waals surface area contributed by atoms with E-state index in [0.717, 1.165) is 42.1 Å². The minimum absolute atomic E-state index is 0.0329. The van der Waals surface area contributed by atoms with Crippen LogP contribution in [0.25, 0.3) is 22.2 Å². The molecule has 2 aliphatic rings. The number of pyridine rings is 1. The lowest BCUT2D eigenvalue weighted by Gasteiger charge is -2.18. The molecule has 2 N–H and O–H groups in total. The van der Waals surface area contributed by atoms with Crippen molar-refractivity contribution in [3.63, 3.8) is 0 Å². The molecule has 5 rings (SSSR count). The normalized spacial score (nSPS) is 19.3. The van der Waals surface area contributed by atoms with Crippen molar-refractivity contribution >= 4 is 32.9 Å². The van der Waals surface area contributed by atoms with Gasteiger partial charge in [-0.25, -0.2) is 18.2 Å². The van der Waals surface area contributed by atoms with Crippen LogP contribution in [0.2, 0.25) is 0 Å². The number of benzene rings is 1. The topological polar surface area (TPSA) is 109 Å². The molecule has 1 atom stereocenters. The highest BCUT2D eigenvalue weighted by atomic mass is 32.2. The van der Waals surface area contributed by atoms with Gasteiger partial charge in [0.1, 0.15) is 17.6 Å². The SMILES string of the molecule is Cn1c(=O)c(-c2c(F)ccc(NS(=O)(=O)N3CCC(F)C3)c2F)cc2cnc(NC3CCCC3)nc21. The van der Waals surface area contributed by atoms with Crippen LogP contribution in [0, 0.1) is 11.6 Å². The lowest BCUT2D eigenvalue weighted by Crippen LogP contribution is -2.34. The van der Waals surface area contributed by atoms with Crippen LogP contribution in [0.1, 0.15) is 32.1 Å². The van der Waals surface area contributed by atoms with E-state index in [2.05, 4.69) is 15.3 Å². The molecule has 0 spiro atoms. The molecule has 2 fully saturated rings. The summed E-state index contributed by atoms with van der Waals surface area (Å²) in [6, 6.07) is 3.33. The number of aromatic nitrogens is 3. The number of alkyl halides is 1. The van der Waals surface area contributed by atoms with Gasteiger partial charge in [-0.05, 0) is 37.5 Å². The summed E-state index contributed by atoms with van der Waals surface area (Å²) in [5, 5.41) is 3.62. The number of hydrogen-bond donors (Lipinski definition) is 2. The van der Waals surface area contributed by atoms with Crippen molar-refractivity contribution in [3.05, 3.63) is 46.4 Å². The fourth-order valence-corrected chi connectivity index (χ4v) is 6.00. The van der Waals surface area contributed by atoms with E-state index in [-0.39, 0.29) is 36.8 Å². The van der Waals surface area contributed by atoms with Gasteiger partial charge in [-0.2, -0.15) is 17.7 Å². The molecule has 3 heterocycles. The Labute approximate surface area is 205 Å². The molecule has 1 saturated heterocycles. The molecule has 36 heavy (non-hydrogen) atoms. The molecular weight excluding hydrogens is 497 g/mol. The number of halogens is 3. The molecule has 2 aromatic heterocycles. The van der Waals surface area contributed by atoms with E-state index in [0.29, 0.717) is 11.3 Å². The molecule has 1 saturated carbocycles. The van der Waals surface area contributed by atoms with Crippen molar-refractivity contribution in [2.45, 2.75) is 44.3 Å². The average molecular weight is 523 g/mol. The van der Waals surface area contributed by atoms with E-state index in [1.807, 2.05) is 4.72 Å². The summed E-state index contributed by atoms with van der Waals surface area (Å²) in [6.07, 6.45) is 4.43. The Kier molecular flexibility index (Phi) is 6.37. The van der Waals surface area contributed by atoms with Gasteiger partial charge in [0, 0.05) is 37.8 Å². The molecule has 1 unspecified atom stereocenters. The molecule has 0 bridgehead atoms. The Balaban J connectivity index is 1.53. The molecule has 9 nitrogen and oxygen atoms in total. The molecule has 0 radical (unpaired) electrons. The predicted molar refractivity (Wildman–Crippen MR) is 130 cm³/mol. The first-order chi connectivity index (χ1) is 17.1. The number of anilines is 2. The van der Waals surface area contributed by atoms with Crippen molar-refractivity contribution in [2.75, 3.05) is 23.1 Å². The van der Waals surface area contributed by atoms with Crippen LogP contribution in [0.15, 0.2) is 29.2 Å². The Morgan fingerprint density at radius 3 is 2.58 bits per heavy atom. The lowest BCUT2D eigenvalue weighted by molar-refractivity contribution is 0.343. The summed E-state index contributed by atoms with van der Waals surface area (Å²) >= 11 is 0. The van der Waals surface area contributed by atoms with E-state index in [4.69, 9.17) is 0 Å². The largest absolute Gasteiger partial charge is 0.351 e. The second-order valence-corrected chi connectivity index (χ2v) is 10.8. The minimum atomic E-state index is -4.28. The third kappa shape index (κ3) is 4.52. The van der Waals surface area contributed by atoms with Crippen LogP contribution in [0.5, 0.6) is 0 Å². The highest BCUT2D eigenvalue weighted by Crippen LogP contribution is 2.31. The van der Waals surface area contributed by atoms with Crippen molar-refractivity contribution in [1.29, 1.82) is 0 Å². The first kappa shape index (κ1) is 24.5. The third-order valence-corrected chi connectivity index (χ3v) is 8.16. The van der Waals surface area contributed by atoms with Gasteiger partial charge < -0.3 is 5.32 Å². The van der Waals surface area contributed by atoms with Crippen LogP contribution in [-0.4, -0.2) is 52.6 Å². The fraction of sp³-hybridized carbons (Fsp3) is 0.435. The predicted octanol–water partition coefficient (Wildman–Crippen LogP) is 3.33. The summed E-state index contributed by atoms with van der Waals surface area (Å²) in [5.74, 6) is -1.94. The molecule has 13 heteroatoms. The molecule has 3 aromatic rings. The molecule has 0 amide bonds. The number of fused-ring (bicyclic) bond motifs is 1. The summed E-state index contributed by atoms with van der Waals surface area (Å²) < 4.78 is 73.0. The summed E-state index contributed by atoms with van der Waals surface area (Å²) in [5.41, 5.74) is -1.98. The van der Waals surface area contributed by atoms with Crippen LogP contribution >= 0.6 is 0 Å². The van der Waals surface area contributed by atoms with E-state index in [9.17, 15) is 22.0 Å². The second kappa shape index (κ2) is 9.36. The molecule has 1 aromatic carbocycles. The number of rotatable bonds is 6. The summed E-state index contributed by atoms with van der Waals surface area (Å²) in [4.78, 5) is 21.8. The maximum atomic E-state index is 15.5. The van der Waals surface area contributed by atoms with Gasteiger partial charge in [0.2, 0.25) is 5.95 Å². The molecule has 192 valence electrons. The van der Waals surface area contributed by atoms with Gasteiger partial charge >= 0.3 is 10.2 Å². The third-order valence-electron chi connectivity index (χ3n) is 6.67. The lowest BCUT2D eigenvalue weighted by atomic mass is 10.0. The van der Waals surface area contributed by atoms with Gasteiger partial charge in [0.15, 0.2) is 5.82 Å². The van der Waals surface area contributed by atoms with Gasteiger partial charge in [-0.15, -0.1) is 0 Å². The number of nitrogens with zero attached hydrogens (tertiary/aromatic N) is 4. The highest BCUT2D eigenvalue weighted by molar-refractivity contribution is 7.90. The van der Waals surface area contributed by atoms with Crippen LogP contribution < -0.4 is 15.6 Å². The van der Waals surface area contributed by atoms with Crippen LogP contribution in [-0.2, 0) is 17.3 Å². The fourth-order valence-electron chi connectivity index (χ4n) is 4.74. The first-order valence-electron chi connectivity index (χ1n) is 11.7. The second-order valence-electron chi connectivity index (χ2n) is 9.16. The average Bonchev–Trinajstić information content (AvgIpc) is 3.51. The Hall–Kier alpha value is -3.19. The molecule has 1 aliphatic carbocycles. The van der Waals surface area contributed by atoms with E-state index >= 15 is 4.39 Å². The molecule has 1 aliphatic heterocycles. The van der Waals surface area contributed by atoms with Crippen LogP contribution in [0.3, 0.4) is 0 Å². The van der Waals surface area contributed by atoms with E-state index in [1.165, 1.54) is 23.9 Å². The Morgan fingerprint density at radius 2 is 1.89 bits per heavy atom. The van der Waals surface area contributed by atoms with Gasteiger partial charge in [0.25, 0.3) is 5.56 Å². The smallest absolute Gasteiger partial charge is 0.301 e. The Morgan fingerprint density at radius 1 is 1.14 bits per heavy atom. The van der Waals surface area contributed by atoms with Crippen molar-refractivity contribution in [1.82, 2.24) is 18.8 Å². The van der Waals surface area contributed by atoms with Crippen molar-refractivity contribution in [3.8, 4) is 11.1 Å². The highest BCUT2D eigenvalue weighted by Gasteiger charge is 2.32. The van der Waals surface area contributed by atoms with E-state index < -0.39 is 44.8 Å². The minimum Gasteiger partial charge on any atom is -0.351 e. The zero-order chi connectivity index (χ0) is 25.6. The summed E-state index contributed by atoms with van der Waals surface area (Å²) in [7, 11) is -2.84. The number of hydrogen-bond acceptors (Lipinski definition) is 6. The van der Waals surface area contributed by atoms with Crippen molar-refractivity contribution in [2.24, 2.45) is 7.05 Å². The Bertz CT molecular complexity index is 1490. The quantitative estimate of drug-likeness (QED) is 0.514. The van der Waals surface area contributed by atoms with E-state index in [1.54, 1.807) is 0 Å². The van der Waals surface area contributed by atoms with Crippen LogP contribution in [0.4, 0.5) is 24.8 Å². The number of nitrogens with one attached hydrogen (secondary N) is 2. The maximum absolute atomic E-state index is 15.5. The first-order valence-corrected chi connectivity index (χ1v) is 13.1. The van der Waals surface area contributed by atoms with Gasteiger partial charge in [-0.1, -0.05) is 12.8 Å². The summed E-state index contributed by atoms with van der Waals surface area (Å²) in [6.45, 7) is -0.414. The van der Waals surface area contributed by atoms with Gasteiger partial charge in [0.05, 0.1) is 16.8 Å². The van der Waals surface area contributed by atoms with Crippen molar-refractivity contribution < 1.29 is 21.6 Å². The monoisotopic (exact) mass is 522 g/mol. The zero-order valence-corrected chi connectivity index (χ0v) is 20.3.